The highest BCUT2D eigenvalue weighted by molar-refractivity contribution is 7.15. The number of thiazole rings is 2. The maximum atomic E-state index is 12.5. The van der Waals surface area contributed by atoms with Crippen LogP contribution >= 0.6 is 22.7 Å². The molecule has 3 rings (SSSR count). The molecule has 0 fully saturated rings. The minimum absolute atomic E-state index is 0.0842. The molecule has 3 aromatic rings. The van der Waals surface area contributed by atoms with E-state index < -0.39 is 0 Å². The molecule has 6 nitrogen and oxygen atoms in total. The van der Waals surface area contributed by atoms with Gasteiger partial charge in [0.25, 0.3) is 0 Å². The topological polar surface area (TPSA) is 84.0 Å². The highest BCUT2D eigenvalue weighted by Gasteiger charge is 2.18. The Morgan fingerprint density at radius 3 is 2.43 bits per heavy atom. The molecule has 2 aromatic heterocycles. The fourth-order valence-electron chi connectivity index (χ4n) is 2.85. The zero-order valence-corrected chi connectivity index (χ0v) is 19.4. The summed E-state index contributed by atoms with van der Waals surface area (Å²) in [6, 6.07) is 8.13. The van der Waals surface area contributed by atoms with Crippen molar-refractivity contribution in [2.45, 2.75) is 47.1 Å². The molecule has 0 aliphatic rings. The van der Waals surface area contributed by atoms with Crippen molar-refractivity contribution < 1.29 is 9.59 Å². The van der Waals surface area contributed by atoms with Gasteiger partial charge < -0.3 is 10.6 Å². The van der Waals surface area contributed by atoms with E-state index in [1.165, 1.54) is 16.9 Å². The Bertz CT molecular complexity index is 1040. The van der Waals surface area contributed by atoms with Crippen LogP contribution in [0.5, 0.6) is 0 Å². The standard InChI is InChI=1S/C22H26N4O2S2/c1-12(2)20(28)26-22-25-17(11-29-22)10-18(27)23-14(4)19-15(5)24-21(30-19)16-8-6-13(3)7-9-16/h6-9,11-12,14H,10H2,1-5H3,(H,23,27)(H,25,26,28). The largest absolute Gasteiger partial charge is 0.348 e. The first-order chi connectivity index (χ1) is 14.2. The third-order valence-corrected chi connectivity index (χ3v) is 6.75. The van der Waals surface area contributed by atoms with Crippen LogP contribution in [-0.2, 0) is 16.0 Å². The number of aryl methyl sites for hydroxylation is 2. The molecule has 2 amide bonds. The van der Waals surface area contributed by atoms with Crippen molar-refractivity contribution in [1.29, 1.82) is 0 Å². The lowest BCUT2D eigenvalue weighted by molar-refractivity contribution is -0.121. The number of nitrogens with zero attached hydrogens (tertiary/aromatic N) is 2. The maximum Gasteiger partial charge on any atom is 0.228 e. The Hall–Kier alpha value is -2.58. The van der Waals surface area contributed by atoms with E-state index in [4.69, 9.17) is 0 Å². The average Bonchev–Trinajstić information content (AvgIpc) is 3.28. The number of hydrogen-bond acceptors (Lipinski definition) is 6. The van der Waals surface area contributed by atoms with E-state index in [0.29, 0.717) is 10.8 Å². The van der Waals surface area contributed by atoms with Crippen molar-refractivity contribution in [1.82, 2.24) is 15.3 Å². The van der Waals surface area contributed by atoms with Gasteiger partial charge in [-0.1, -0.05) is 43.7 Å². The third-order valence-electron chi connectivity index (χ3n) is 4.55. The van der Waals surface area contributed by atoms with Crippen molar-refractivity contribution in [2.75, 3.05) is 5.32 Å². The number of carbonyl (C=O) groups is 2. The van der Waals surface area contributed by atoms with Crippen molar-refractivity contribution >= 4 is 39.6 Å². The van der Waals surface area contributed by atoms with Gasteiger partial charge in [0, 0.05) is 16.9 Å². The molecule has 0 radical (unpaired) electrons. The second-order valence-electron chi connectivity index (χ2n) is 7.59. The molecule has 158 valence electrons. The predicted octanol–water partition coefficient (Wildman–Crippen LogP) is 4.90. The molecule has 1 atom stereocenters. The normalized spacial score (nSPS) is 12.1. The lowest BCUT2D eigenvalue weighted by atomic mass is 10.2. The van der Waals surface area contributed by atoms with E-state index in [0.717, 1.165) is 21.1 Å². The summed E-state index contributed by atoms with van der Waals surface area (Å²) in [4.78, 5) is 34.3. The van der Waals surface area contributed by atoms with Crippen LogP contribution in [0.2, 0.25) is 0 Å². The van der Waals surface area contributed by atoms with Crippen molar-refractivity contribution in [2.24, 2.45) is 5.92 Å². The van der Waals surface area contributed by atoms with Crippen LogP contribution in [0.3, 0.4) is 0 Å². The number of aromatic nitrogens is 2. The summed E-state index contributed by atoms with van der Waals surface area (Å²) >= 11 is 2.93. The average molecular weight is 443 g/mol. The Balaban J connectivity index is 1.61. The van der Waals surface area contributed by atoms with Gasteiger partial charge in [0.1, 0.15) is 5.01 Å². The molecule has 1 aromatic carbocycles. The number of anilines is 1. The van der Waals surface area contributed by atoms with Gasteiger partial charge in [0.15, 0.2) is 5.13 Å². The van der Waals surface area contributed by atoms with E-state index in [1.807, 2.05) is 27.7 Å². The molecular formula is C22H26N4O2S2. The lowest BCUT2D eigenvalue weighted by Gasteiger charge is -2.12. The number of amides is 2. The number of nitrogens with one attached hydrogen (secondary N) is 2. The lowest BCUT2D eigenvalue weighted by Crippen LogP contribution is -2.28. The van der Waals surface area contributed by atoms with Gasteiger partial charge >= 0.3 is 0 Å². The molecule has 2 N–H and O–H groups in total. The predicted molar refractivity (Wildman–Crippen MR) is 123 cm³/mol. The summed E-state index contributed by atoms with van der Waals surface area (Å²) in [5.41, 5.74) is 3.86. The van der Waals surface area contributed by atoms with E-state index in [-0.39, 0.29) is 30.2 Å². The summed E-state index contributed by atoms with van der Waals surface area (Å²) in [6.07, 6.45) is 0.168. The van der Waals surface area contributed by atoms with Crippen LogP contribution in [0, 0.1) is 19.8 Å². The summed E-state index contributed by atoms with van der Waals surface area (Å²) in [6.45, 7) is 9.64. The maximum absolute atomic E-state index is 12.5. The first-order valence-corrected chi connectivity index (χ1v) is 11.5. The summed E-state index contributed by atoms with van der Waals surface area (Å²) in [5, 5.41) is 9.07. The smallest absolute Gasteiger partial charge is 0.228 e. The van der Waals surface area contributed by atoms with Crippen LogP contribution in [0.1, 0.15) is 48.6 Å². The number of rotatable bonds is 7. The molecule has 1 unspecified atom stereocenters. The third kappa shape index (κ3) is 5.52. The molecular weight excluding hydrogens is 416 g/mol. The van der Waals surface area contributed by atoms with Crippen LogP contribution in [-0.4, -0.2) is 21.8 Å². The van der Waals surface area contributed by atoms with Gasteiger partial charge in [-0.15, -0.1) is 22.7 Å². The molecule has 0 aliphatic carbocycles. The molecule has 0 spiro atoms. The Kier molecular flexibility index (Phi) is 6.99. The minimum Gasteiger partial charge on any atom is -0.348 e. The Morgan fingerprint density at radius 2 is 1.77 bits per heavy atom. The van der Waals surface area contributed by atoms with Crippen LogP contribution in [0.25, 0.3) is 10.6 Å². The Morgan fingerprint density at radius 1 is 1.07 bits per heavy atom. The molecule has 2 heterocycles. The number of hydrogen-bond donors (Lipinski definition) is 2. The summed E-state index contributed by atoms with van der Waals surface area (Å²) < 4.78 is 0. The molecule has 8 heteroatoms. The van der Waals surface area contributed by atoms with Crippen LogP contribution < -0.4 is 10.6 Å². The van der Waals surface area contributed by atoms with Gasteiger partial charge in [-0.25, -0.2) is 9.97 Å². The van der Waals surface area contributed by atoms with E-state index >= 15 is 0 Å². The second kappa shape index (κ2) is 9.49. The van der Waals surface area contributed by atoms with Gasteiger partial charge in [-0.3, -0.25) is 9.59 Å². The monoisotopic (exact) mass is 442 g/mol. The molecule has 0 saturated carbocycles. The Labute approximate surface area is 184 Å². The first kappa shape index (κ1) is 22.1. The van der Waals surface area contributed by atoms with Gasteiger partial charge in [-0.2, -0.15) is 0 Å². The fourth-order valence-corrected chi connectivity index (χ4v) is 4.63. The first-order valence-electron chi connectivity index (χ1n) is 9.82. The van der Waals surface area contributed by atoms with Gasteiger partial charge in [-0.05, 0) is 20.8 Å². The van der Waals surface area contributed by atoms with Crippen LogP contribution in [0.15, 0.2) is 29.6 Å². The molecule has 0 saturated heterocycles. The highest BCUT2D eigenvalue weighted by atomic mass is 32.1. The molecule has 30 heavy (non-hydrogen) atoms. The fraction of sp³-hybridized carbons (Fsp3) is 0.364. The van der Waals surface area contributed by atoms with Crippen molar-refractivity contribution in [3.05, 3.63) is 51.5 Å². The number of benzene rings is 1. The summed E-state index contributed by atoms with van der Waals surface area (Å²) in [5.74, 6) is -0.313. The van der Waals surface area contributed by atoms with E-state index in [1.54, 1.807) is 16.7 Å². The SMILES string of the molecule is Cc1ccc(-c2nc(C)c(C(C)NC(=O)Cc3csc(NC(=O)C(C)C)n3)s2)cc1. The van der Waals surface area contributed by atoms with Gasteiger partial charge in [0.2, 0.25) is 11.8 Å². The molecule has 0 aliphatic heterocycles. The second-order valence-corrected chi connectivity index (χ2v) is 9.48. The van der Waals surface area contributed by atoms with Crippen molar-refractivity contribution in [3.63, 3.8) is 0 Å². The van der Waals surface area contributed by atoms with Crippen LogP contribution in [0.4, 0.5) is 5.13 Å². The zero-order chi connectivity index (χ0) is 21.8. The zero-order valence-electron chi connectivity index (χ0n) is 17.8. The molecule has 0 bridgehead atoms. The van der Waals surface area contributed by atoms with Gasteiger partial charge in [0.05, 0.1) is 28.7 Å². The quantitative estimate of drug-likeness (QED) is 0.545. The van der Waals surface area contributed by atoms with Crippen molar-refractivity contribution in [3.8, 4) is 10.6 Å². The minimum atomic E-state index is -0.145. The summed E-state index contributed by atoms with van der Waals surface area (Å²) in [7, 11) is 0. The van der Waals surface area contributed by atoms with E-state index in [9.17, 15) is 9.59 Å². The van der Waals surface area contributed by atoms with E-state index in [2.05, 4.69) is 51.8 Å². The number of carbonyl (C=O) groups excluding carboxylic acids is 2. The highest BCUT2D eigenvalue weighted by Crippen LogP contribution is 2.32.